The molecule has 4 nitrogen and oxygen atoms in total. The summed E-state index contributed by atoms with van der Waals surface area (Å²) >= 11 is 5.13. The van der Waals surface area contributed by atoms with E-state index in [1.165, 1.54) is 5.56 Å². The van der Waals surface area contributed by atoms with E-state index in [0.29, 0.717) is 11.4 Å². The number of thiocarbonyl (C=S) groups is 1. The van der Waals surface area contributed by atoms with Crippen LogP contribution in [0.4, 0.5) is 0 Å². The third kappa shape index (κ3) is 2.73. The Labute approximate surface area is 124 Å². The highest BCUT2D eigenvalue weighted by Gasteiger charge is 2.25. The second-order valence-corrected chi connectivity index (χ2v) is 5.63. The molecule has 0 bridgehead atoms. The Bertz CT molecular complexity index is 593. The third-order valence-electron chi connectivity index (χ3n) is 3.79. The van der Waals surface area contributed by atoms with Crippen molar-refractivity contribution in [1.82, 2.24) is 14.5 Å². The second-order valence-electron chi connectivity index (χ2n) is 5.10. The molecule has 2 N–H and O–H groups in total. The number of nitrogens with two attached hydrogens (primary N) is 1. The molecule has 0 aliphatic carbocycles. The molecule has 5 heteroatoms. The van der Waals surface area contributed by atoms with Crippen molar-refractivity contribution < 1.29 is 0 Å². The standard InChI is InChI=1S/C15H18N4S/c16-14(20)10-13(12-4-2-1-3-5-12)19-9-8-18-7-6-17-15(18)11-19/h1-7,13H,8-11H2,(H2,16,20). The quantitative estimate of drug-likeness (QED) is 0.875. The average molecular weight is 286 g/mol. The first-order valence-corrected chi connectivity index (χ1v) is 7.22. The van der Waals surface area contributed by atoms with E-state index in [-0.39, 0.29) is 6.04 Å². The number of rotatable bonds is 4. The Morgan fingerprint density at radius 3 is 2.85 bits per heavy atom. The number of benzene rings is 1. The number of fused-ring (bicyclic) bond motifs is 1. The SMILES string of the molecule is NC(=S)CC(c1ccccc1)N1CCn2ccnc2C1. The molecular formula is C15H18N4S. The third-order valence-corrected chi connectivity index (χ3v) is 3.96. The normalized spacial score (nSPS) is 16.6. The number of imidazole rings is 1. The van der Waals surface area contributed by atoms with Gasteiger partial charge in [-0.3, -0.25) is 4.90 Å². The van der Waals surface area contributed by atoms with Crippen molar-refractivity contribution in [2.75, 3.05) is 6.54 Å². The summed E-state index contributed by atoms with van der Waals surface area (Å²) in [5.41, 5.74) is 7.06. The molecule has 1 aromatic carbocycles. The predicted molar refractivity (Wildman–Crippen MR) is 83.2 cm³/mol. The Morgan fingerprint density at radius 2 is 2.10 bits per heavy atom. The fourth-order valence-corrected chi connectivity index (χ4v) is 2.94. The van der Waals surface area contributed by atoms with Gasteiger partial charge in [-0.2, -0.15) is 0 Å². The van der Waals surface area contributed by atoms with Crippen LogP contribution in [0.5, 0.6) is 0 Å². The molecule has 2 heterocycles. The molecular weight excluding hydrogens is 268 g/mol. The number of hydrogen-bond acceptors (Lipinski definition) is 3. The van der Waals surface area contributed by atoms with Gasteiger partial charge in [0.2, 0.25) is 0 Å². The minimum Gasteiger partial charge on any atom is -0.393 e. The van der Waals surface area contributed by atoms with E-state index >= 15 is 0 Å². The zero-order valence-electron chi connectivity index (χ0n) is 11.3. The van der Waals surface area contributed by atoms with Gasteiger partial charge in [0.25, 0.3) is 0 Å². The molecule has 1 aliphatic heterocycles. The maximum Gasteiger partial charge on any atom is 0.122 e. The summed E-state index contributed by atoms with van der Waals surface area (Å²) in [4.78, 5) is 7.40. The molecule has 0 saturated heterocycles. The first-order chi connectivity index (χ1) is 9.74. The van der Waals surface area contributed by atoms with Crippen molar-refractivity contribution in [3.05, 3.63) is 54.1 Å². The summed E-state index contributed by atoms with van der Waals surface area (Å²) in [7, 11) is 0. The Morgan fingerprint density at radius 1 is 1.30 bits per heavy atom. The first kappa shape index (κ1) is 13.3. The van der Waals surface area contributed by atoms with E-state index in [1.54, 1.807) is 0 Å². The van der Waals surface area contributed by atoms with Gasteiger partial charge in [0.1, 0.15) is 5.82 Å². The van der Waals surface area contributed by atoms with E-state index in [1.807, 2.05) is 18.5 Å². The molecule has 0 radical (unpaired) electrons. The summed E-state index contributed by atoms with van der Waals surface area (Å²) in [6.07, 6.45) is 4.61. The Hall–Kier alpha value is -1.72. The van der Waals surface area contributed by atoms with Gasteiger partial charge < -0.3 is 10.3 Å². The molecule has 20 heavy (non-hydrogen) atoms. The Kier molecular flexibility index (Phi) is 3.80. The zero-order chi connectivity index (χ0) is 13.9. The van der Waals surface area contributed by atoms with Crippen molar-refractivity contribution in [1.29, 1.82) is 0 Å². The highest BCUT2D eigenvalue weighted by atomic mass is 32.1. The summed E-state index contributed by atoms with van der Waals surface area (Å²) in [5.74, 6) is 1.11. The summed E-state index contributed by atoms with van der Waals surface area (Å²) in [5, 5.41) is 0. The van der Waals surface area contributed by atoms with Gasteiger partial charge in [0.15, 0.2) is 0 Å². The molecule has 104 valence electrons. The van der Waals surface area contributed by atoms with Gasteiger partial charge in [0, 0.05) is 37.9 Å². The number of aromatic nitrogens is 2. The molecule has 0 amide bonds. The maximum absolute atomic E-state index is 5.80. The van der Waals surface area contributed by atoms with Crippen LogP contribution in [0, 0.1) is 0 Å². The molecule has 2 aromatic rings. The van der Waals surface area contributed by atoms with Crippen molar-refractivity contribution in [2.45, 2.75) is 25.6 Å². The average Bonchev–Trinajstić information content (AvgIpc) is 2.93. The monoisotopic (exact) mass is 286 g/mol. The minimum absolute atomic E-state index is 0.235. The molecule has 0 fully saturated rings. The summed E-state index contributed by atoms with van der Waals surface area (Å²) < 4.78 is 2.21. The topological polar surface area (TPSA) is 47.1 Å². The van der Waals surface area contributed by atoms with Gasteiger partial charge in [-0.15, -0.1) is 0 Å². The molecule has 1 aliphatic rings. The fourth-order valence-electron chi connectivity index (χ4n) is 2.78. The second kappa shape index (κ2) is 5.73. The van der Waals surface area contributed by atoms with Crippen LogP contribution in [0.15, 0.2) is 42.7 Å². The zero-order valence-corrected chi connectivity index (χ0v) is 12.1. The molecule has 1 aromatic heterocycles. The molecule has 3 rings (SSSR count). The van der Waals surface area contributed by atoms with Crippen LogP contribution in [0.3, 0.4) is 0 Å². The van der Waals surface area contributed by atoms with E-state index in [9.17, 15) is 0 Å². The van der Waals surface area contributed by atoms with Crippen LogP contribution in [-0.4, -0.2) is 26.0 Å². The highest BCUT2D eigenvalue weighted by molar-refractivity contribution is 7.80. The van der Waals surface area contributed by atoms with Crippen molar-refractivity contribution in [2.24, 2.45) is 5.73 Å². The van der Waals surface area contributed by atoms with Crippen LogP contribution in [0.25, 0.3) is 0 Å². The predicted octanol–water partition coefficient (Wildman–Crippen LogP) is 2.12. The summed E-state index contributed by atoms with van der Waals surface area (Å²) in [6.45, 7) is 2.80. The molecule has 1 atom stereocenters. The van der Waals surface area contributed by atoms with Crippen LogP contribution in [0.1, 0.15) is 23.9 Å². The molecule has 1 unspecified atom stereocenters. The highest BCUT2D eigenvalue weighted by Crippen LogP contribution is 2.27. The van der Waals surface area contributed by atoms with Gasteiger partial charge in [-0.1, -0.05) is 42.5 Å². The van der Waals surface area contributed by atoms with E-state index in [2.05, 4.69) is 38.7 Å². The van der Waals surface area contributed by atoms with Crippen molar-refractivity contribution in [3.63, 3.8) is 0 Å². The van der Waals surface area contributed by atoms with Crippen LogP contribution in [0.2, 0.25) is 0 Å². The van der Waals surface area contributed by atoms with Gasteiger partial charge in [-0.25, -0.2) is 4.98 Å². The van der Waals surface area contributed by atoms with Crippen LogP contribution < -0.4 is 5.73 Å². The molecule has 0 saturated carbocycles. The largest absolute Gasteiger partial charge is 0.393 e. The lowest BCUT2D eigenvalue weighted by molar-refractivity contribution is 0.156. The van der Waals surface area contributed by atoms with E-state index in [4.69, 9.17) is 18.0 Å². The van der Waals surface area contributed by atoms with Crippen LogP contribution >= 0.6 is 12.2 Å². The van der Waals surface area contributed by atoms with E-state index in [0.717, 1.165) is 25.5 Å². The smallest absolute Gasteiger partial charge is 0.122 e. The minimum atomic E-state index is 0.235. The van der Waals surface area contributed by atoms with Gasteiger partial charge in [-0.05, 0) is 5.56 Å². The van der Waals surface area contributed by atoms with Gasteiger partial charge >= 0.3 is 0 Å². The lowest BCUT2D eigenvalue weighted by Crippen LogP contribution is -2.38. The lowest BCUT2D eigenvalue weighted by Gasteiger charge is -2.35. The van der Waals surface area contributed by atoms with Crippen molar-refractivity contribution >= 4 is 17.2 Å². The first-order valence-electron chi connectivity index (χ1n) is 6.81. The maximum atomic E-state index is 5.80. The lowest BCUT2D eigenvalue weighted by atomic mass is 10.0. The number of nitrogens with zero attached hydrogens (tertiary/aromatic N) is 3. The van der Waals surface area contributed by atoms with E-state index < -0.39 is 0 Å². The summed E-state index contributed by atoms with van der Waals surface area (Å²) in [6, 6.07) is 10.7. The number of hydrogen-bond donors (Lipinski definition) is 1. The van der Waals surface area contributed by atoms with Gasteiger partial charge in [0.05, 0.1) is 11.5 Å². The van der Waals surface area contributed by atoms with Crippen molar-refractivity contribution in [3.8, 4) is 0 Å². The molecule has 0 spiro atoms. The van der Waals surface area contributed by atoms with Crippen LogP contribution in [-0.2, 0) is 13.1 Å². The Balaban J connectivity index is 1.85. The fraction of sp³-hybridized carbons (Fsp3) is 0.333.